The fourth-order valence-electron chi connectivity index (χ4n) is 2.10. The van der Waals surface area contributed by atoms with Crippen LogP contribution < -0.4 is 5.32 Å². The van der Waals surface area contributed by atoms with E-state index in [2.05, 4.69) is 5.32 Å². The van der Waals surface area contributed by atoms with Gasteiger partial charge < -0.3 is 15.2 Å². The van der Waals surface area contributed by atoms with Crippen LogP contribution in [0.1, 0.15) is 30.6 Å². The Kier molecular flexibility index (Phi) is 5.17. The second-order valence-corrected chi connectivity index (χ2v) is 5.25. The standard InChI is InChI=1S/C17H21NO3/c1-12(2)21-9-5-8-18-17(20)15-10-13-6-3-4-7-14(13)11-16(15)19/h3-4,6-7,10-12,19H,5,8-9H2,1-2H3,(H,18,20). The summed E-state index contributed by atoms with van der Waals surface area (Å²) in [7, 11) is 0. The minimum atomic E-state index is -0.261. The Morgan fingerprint density at radius 1 is 1.24 bits per heavy atom. The molecule has 1 amide bonds. The van der Waals surface area contributed by atoms with E-state index in [1.165, 1.54) is 0 Å². The number of aromatic hydroxyl groups is 1. The van der Waals surface area contributed by atoms with Crippen molar-refractivity contribution >= 4 is 16.7 Å². The van der Waals surface area contributed by atoms with Crippen molar-refractivity contribution in [3.05, 3.63) is 42.0 Å². The zero-order chi connectivity index (χ0) is 15.2. The summed E-state index contributed by atoms with van der Waals surface area (Å²) < 4.78 is 5.41. The molecule has 2 N–H and O–H groups in total. The highest BCUT2D eigenvalue weighted by atomic mass is 16.5. The lowest BCUT2D eigenvalue weighted by atomic mass is 10.1. The maximum Gasteiger partial charge on any atom is 0.255 e. The third kappa shape index (κ3) is 4.20. The summed E-state index contributed by atoms with van der Waals surface area (Å²) in [6, 6.07) is 11.0. The Balaban J connectivity index is 1.97. The second kappa shape index (κ2) is 7.09. The molecule has 2 aromatic rings. The van der Waals surface area contributed by atoms with Gasteiger partial charge in [-0.2, -0.15) is 0 Å². The minimum Gasteiger partial charge on any atom is -0.507 e. The number of phenolic OH excluding ortho intramolecular Hbond substituents is 1. The van der Waals surface area contributed by atoms with Crippen LogP contribution in [0.4, 0.5) is 0 Å². The SMILES string of the molecule is CC(C)OCCCNC(=O)c1cc2ccccc2cc1O. The molecular weight excluding hydrogens is 266 g/mol. The van der Waals surface area contributed by atoms with Crippen LogP contribution in [-0.2, 0) is 4.74 Å². The smallest absolute Gasteiger partial charge is 0.255 e. The molecule has 0 heterocycles. The molecule has 2 rings (SSSR count). The van der Waals surface area contributed by atoms with Crippen molar-refractivity contribution in [1.29, 1.82) is 0 Å². The number of phenols is 1. The molecule has 0 unspecified atom stereocenters. The number of rotatable bonds is 6. The molecule has 0 aliphatic heterocycles. The average molecular weight is 287 g/mol. The third-order valence-electron chi connectivity index (χ3n) is 3.17. The molecule has 0 saturated heterocycles. The van der Waals surface area contributed by atoms with Crippen LogP contribution in [0.15, 0.2) is 36.4 Å². The summed E-state index contributed by atoms with van der Waals surface area (Å²) in [4.78, 5) is 12.1. The highest BCUT2D eigenvalue weighted by molar-refractivity contribution is 6.01. The first kappa shape index (κ1) is 15.3. The van der Waals surface area contributed by atoms with E-state index in [9.17, 15) is 9.90 Å². The van der Waals surface area contributed by atoms with E-state index in [-0.39, 0.29) is 17.8 Å². The number of benzene rings is 2. The Morgan fingerprint density at radius 3 is 2.57 bits per heavy atom. The summed E-state index contributed by atoms with van der Waals surface area (Å²) in [6.45, 7) is 5.09. The largest absolute Gasteiger partial charge is 0.507 e. The van der Waals surface area contributed by atoms with Gasteiger partial charge in [0.05, 0.1) is 11.7 Å². The molecular formula is C17H21NO3. The molecule has 0 saturated carbocycles. The normalized spacial score (nSPS) is 11.0. The van der Waals surface area contributed by atoms with Crippen LogP contribution in [-0.4, -0.2) is 30.3 Å². The van der Waals surface area contributed by atoms with Crippen LogP contribution in [0.2, 0.25) is 0 Å². The molecule has 0 radical (unpaired) electrons. The van der Waals surface area contributed by atoms with Gasteiger partial charge in [0, 0.05) is 13.2 Å². The third-order valence-corrected chi connectivity index (χ3v) is 3.17. The maximum absolute atomic E-state index is 12.1. The fourth-order valence-corrected chi connectivity index (χ4v) is 2.10. The van der Waals surface area contributed by atoms with Crippen molar-refractivity contribution < 1.29 is 14.6 Å². The van der Waals surface area contributed by atoms with Gasteiger partial charge in [-0.3, -0.25) is 4.79 Å². The molecule has 0 aromatic heterocycles. The number of hydrogen-bond donors (Lipinski definition) is 2. The number of nitrogens with one attached hydrogen (secondary N) is 1. The highest BCUT2D eigenvalue weighted by Gasteiger charge is 2.11. The van der Waals surface area contributed by atoms with Gasteiger partial charge in [-0.25, -0.2) is 0 Å². The van der Waals surface area contributed by atoms with Crippen LogP contribution in [0.25, 0.3) is 10.8 Å². The summed E-state index contributed by atoms with van der Waals surface area (Å²) >= 11 is 0. The average Bonchev–Trinajstić information content (AvgIpc) is 2.45. The van der Waals surface area contributed by atoms with Crippen molar-refractivity contribution in [3.63, 3.8) is 0 Å². The number of amides is 1. The van der Waals surface area contributed by atoms with Crippen molar-refractivity contribution in [1.82, 2.24) is 5.32 Å². The monoisotopic (exact) mass is 287 g/mol. The molecule has 0 atom stereocenters. The first-order chi connectivity index (χ1) is 10.1. The van der Waals surface area contributed by atoms with Gasteiger partial charge in [0.1, 0.15) is 5.75 Å². The molecule has 2 aromatic carbocycles. The van der Waals surface area contributed by atoms with Gasteiger partial charge in [-0.05, 0) is 43.2 Å². The molecule has 0 bridgehead atoms. The van der Waals surface area contributed by atoms with E-state index < -0.39 is 0 Å². The molecule has 0 fully saturated rings. The number of hydrogen-bond acceptors (Lipinski definition) is 3. The second-order valence-electron chi connectivity index (χ2n) is 5.25. The Morgan fingerprint density at radius 2 is 1.90 bits per heavy atom. The van der Waals surface area contributed by atoms with E-state index in [0.717, 1.165) is 17.2 Å². The molecule has 0 aliphatic carbocycles. The first-order valence-electron chi connectivity index (χ1n) is 7.19. The Hall–Kier alpha value is -2.07. The molecule has 0 aliphatic rings. The van der Waals surface area contributed by atoms with Crippen molar-refractivity contribution in [2.45, 2.75) is 26.4 Å². The zero-order valence-corrected chi connectivity index (χ0v) is 12.4. The summed E-state index contributed by atoms with van der Waals surface area (Å²) in [6.07, 6.45) is 0.948. The molecule has 112 valence electrons. The molecule has 0 spiro atoms. The summed E-state index contributed by atoms with van der Waals surface area (Å²) in [5, 5.41) is 14.6. The van der Waals surface area contributed by atoms with Crippen LogP contribution in [0.5, 0.6) is 5.75 Å². The van der Waals surface area contributed by atoms with Crippen molar-refractivity contribution in [2.75, 3.05) is 13.2 Å². The highest BCUT2D eigenvalue weighted by Crippen LogP contribution is 2.24. The van der Waals surface area contributed by atoms with Gasteiger partial charge in [0.25, 0.3) is 5.91 Å². The maximum atomic E-state index is 12.1. The summed E-state index contributed by atoms with van der Waals surface area (Å²) in [5.74, 6) is -0.257. The minimum absolute atomic E-state index is 0.00429. The fraction of sp³-hybridized carbons (Fsp3) is 0.353. The lowest BCUT2D eigenvalue weighted by molar-refractivity contribution is 0.0757. The van der Waals surface area contributed by atoms with Gasteiger partial charge in [0.15, 0.2) is 0 Å². The van der Waals surface area contributed by atoms with E-state index >= 15 is 0 Å². The van der Waals surface area contributed by atoms with Crippen LogP contribution >= 0.6 is 0 Å². The van der Waals surface area contributed by atoms with Gasteiger partial charge in [0.2, 0.25) is 0 Å². The van der Waals surface area contributed by atoms with Gasteiger partial charge in [-0.1, -0.05) is 24.3 Å². The molecule has 4 heteroatoms. The first-order valence-corrected chi connectivity index (χ1v) is 7.19. The topological polar surface area (TPSA) is 58.6 Å². The van der Waals surface area contributed by atoms with Gasteiger partial charge >= 0.3 is 0 Å². The van der Waals surface area contributed by atoms with E-state index in [0.29, 0.717) is 18.7 Å². The lowest BCUT2D eigenvalue weighted by Crippen LogP contribution is -2.25. The van der Waals surface area contributed by atoms with E-state index in [1.807, 2.05) is 38.1 Å². The predicted molar refractivity (Wildman–Crippen MR) is 83.7 cm³/mol. The molecule has 4 nitrogen and oxygen atoms in total. The quantitative estimate of drug-likeness (QED) is 0.803. The zero-order valence-electron chi connectivity index (χ0n) is 12.4. The van der Waals surface area contributed by atoms with Crippen molar-refractivity contribution in [2.24, 2.45) is 0 Å². The van der Waals surface area contributed by atoms with Crippen molar-refractivity contribution in [3.8, 4) is 5.75 Å². The molecule has 21 heavy (non-hydrogen) atoms. The predicted octanol–water partition coefficient (Wildman–Crippen LogP) is 3.09. The van der Waals surface area contributed by atoms with Crippen LogP contribution in [0.3, 0.4) is 0 Å². The number of fused-ring (bicyclic) bond motifs is 1. The van der Waals surface area contributed by atoms with Gasteiger partial charge in [-0.15, -0.1) is 0 Å². The Labute approximate surface area is 124 Å². The number of ether oxygens (including phenoxy) is 1. The van der Waals surface area contributed by atoms with E-state index in [1.54, 1.807) is 12.1 Å². The number of carbonyl (C=O) groups is 1. The number of carbonyl (C=O) groups excluding carboxylic acids is 1. The lowest BCUT2D eigenvalue weighted by Gasteiger charge is -2.10. The summed E-state index contributed by atoms with van der Waals surface area (Å²) in [5.41, 5.74) is 0.304. The van der Waals surface area contributed by atoms with Crippen LogP contribution in [0, 0.1) is 0 Å². The van der Waals surface area contributed by atoms with E-state index in [4.69, 9.17) is 4.74 Å². The Bertz CT molecular complexity index is 622.